The smallest absolute Gasteiger partial charge is 0.240 e. The first-order chi connectivity index (χ1) is 8.47. The molecule has 0 fully saturated rings. The number of sulfonamides is 1. The Bertz CT molecular complexity index is 493. The van der Waals surface area contributed by atoms with Gasteiger partial charge in [-0.05, 0) is 53.4 Å². The molecule has 102 valence electrons. The first-order valence-electron chi connectivity index (χ1n) is 5.53. The Morgan fingerprint density at radius 3 is 2.61 bits per heavy atom. The second-order valence-electron chi connectivity index (χ2n) is 3.76. The normalized spacial score (nSPS) is 11.7. The highest BCUT2D eigenvalue weighted by Gasteiger charge is 2.14. The van der Waals surface area contributed by atoms with E-state index in [4.69, 9.17) is 5.11 Å². The van der Waals surface area contributed by atoms with Gasteiger partial charge in [0.2, 0.25) is 10.0 Å². The third-order valence-electron chi connectivity index (χ3n) is 2.33. The molecule has 0 atom stereocenters. The van der Waals surface area contributed by atoms with Crippen molar-refractivity contribution in [2.45, 2.75) is 24.2 Å². The minimum atomic E-state index is -3.66. The maximum absolute atomic E-state index is 13.2. The predicted molar refractivity (Wildman–Crippen MR) is 70.2 cm³/mol. The average Bonchev–Trinajstić information content (AvgIpc) is 2.32. The van der Waals surface area contributed by atoms with Crippen molar-refractivity contribution in [1.29, 1.82) is 0 Å². The Hall–Kier alpha value is -0.500. The highest BCUT2D eigenvalue weighted by molar-refractivity contribution is 9.10. The van der Waals surface area contributed by atoms with Crippen LogP contribution >= 0.6 is 15.9 Å². The molecule has 0 saturated heterocycles. The van der Waals surface area contributed by atoms with Crippen molar-refractivity contribution in [3.05, 3.63) is 28.5 Å². The zero-order chi connectivity index (χ0) is 13.6. The molecule has 0 unspecified atom stereocenters. The molecule has 0 radical (unpaired) electrons. The van der Waals surface area contributed by atoms with Gasteiger partial charge in [-0.1, -0.05) is 0 Å². The van der Waals surface area contributed by atoms with Crippen LogP contribution in [0.1, 0.15) is 19.3 Å². The molecule has 0 bridgehead atoms. The number of hydrogen-bond donors (Lipinski definition) is 2. The van der Waals surface area contributed by atoms with Crippen LogP contribution in [0.4, 0.5) is 4.39 Å². The van der Waals surface area contributed by atoms with Crippen molar-refractivity contribution in [2.24, 2.45) is 0 Å². The summed E-state index contributed by atoms with van der Waals surface area (Å²) in [5, 5.41) is 8.58. The van der Waals surface area contributed by atoms with E-state index in [9.17, 15) is 12.8 Å². The van der Waals surface area contributed by atoms with Crippen LogP contribution in [-0.4, -0.2) is 26.7 Å². The largest absolute Gasteiger partial charge is 0.396 e. The number of aliphatic hydroxyl groups is 1. The van der Waals surface area contributed by atoms with Gasteiger partial charge in [-0.2, -0.15) is 0 Å². The van der Waals surface area contributed by atoms with Gasteiger partial charge in [0.25, 0.3) is 0 Å². The summed E-state index contributed by atoms with van der Waals surface area (Å²) in [6.45, 7) is 0.380. The van der Waals surface area contributed by atoms with Gasteiger partial charge >= 0.3 is 0 Å². The molecule has 2 N–H and O–H groups in total. The van der Waals surface area contributed by atoms with E-state index in [1.165, 1.54) is 12.1 Å². The molecule has 0 spiro atoms. The number of halogens is 2. The van der Waals surface area contributed by atoms with Crippen LogP contribution in [0.15, 0.2) is 27.6 Å². The van der Waals surface area contributed by atoms with E-state index in [-0.39, 0.29) is 22.5 Å². The van der Waals surface area contributed by atoms with E-state index in [1.807, 2.05) is 0 Å². The Labute approximate surface area is 114 Å². The molecule has 0 amide bonds. The van der Waals surface area contributed by atoms with Gasteiger partial charge in [0, 0.05) is 13.2 Å². The second kappa shape index (κ2) is 7.18. The lowest BCUT2D eigenvalue weighted by Crippen LogP contribution is -2.24. The fraction of sp³-hybridized carbons (Fsp3) is 0.455. The molecule has 0 aromatic heterocycles. The van der Waals surface area contributed by atoms with Crippen LogP contribution in [0.3, 0.4) is 0 Å². The SMILES string of the molecule is O=S(=O)(NCCCCCO)c1ccc(Br)c(F)c1. The zero-order valence-corrected chi connectivity index (χ0v) is 12.1. The van der Waals surface area contributed by atoms with Crippen molar-refractivity contribution in [3.63, 3.8) is 0 Å². The van der Waals surface area contributed by atoms with Crippen LogP contribution in [0.5, 0.6) is 0 Å². The van der Waals surface area contributed by atoms with Crippen molar-refractivity contribution in [2.75, 3.05) is 13.2 Å². The Balaban J connectivity index is 2.60. The number of hydrogen-bond acceptors (Lipinski definition) is 3. The number of nitrogens with one attached hydrogen (secondary N) is 1. The molecule has 1 aromatic rings. The van der Waals surface area contributed by atoms with Gasteiger partial charge in [0.05, 0.1) is 9.37 Å². The summed E-state index contributed by atoms with van der Waals surface area (Å²) in [5.41, 5.74) is 0. The third kappa shape index (κ3) is 4.64. The summed E-state index contributed by atoms with van der Waals surface area (Å²) in [4.78, 5) is -0.0923. The minimum Gasteiger partial charge on any atom is -0.396 e. The van der Waals surface area contributed by atoms with Gasteiger partial charge in [-0.25, -0.2) is 17.5 Å². The number of unbranched alkanes of at least 4 members (excludes halogenated alkanes) is 2. The van der Waals surface area contributed by atoms with Crippen LogP contribution in [0, 0.1) is 5.82 Å². The summed E-state index contributed by atoms with van der Waals surface area (Å²) in [6.07, 6.45) is 2.03. The quantitative estimate of drug-likeness (QED) is 0.747. The molecule has 0 saturated carbocycles. The van der Waals surface area contributed by atoms with Gasteiger partial charge in [-0.15, -0.1) is 0 Å². The second-order valence-corrected chi connectivity index (χ2v) is 6.38. The van der Waals surface area contributed by atoms with E-state index in [1.54, 1.807) is 0 Å². The van der Waals surface area contributed by atoms with Crippen LogP contribution < -0.4 is 4.72 Å². The lowest BCUT2D eigenvalue weighted by Gasteiger charge is -2.07. The highest BCUT2D eigenvalue weighted by Crippen LogP contribution is 2.19. The summed E-state index contributed by atoms with van der Waals surface area (Å²) in [5.74, 6) is -0.613. The molecule has 0 aliphatic rings. The summed E-state index contributed by atoms with van der Waals surface area (Å²) in [7, 11) is -3.66. The van der Waals surface area contributed by atoms with E-state index in [2.05, 4.69) is 20.7 Å². The topological polar surface area (TPSA) is 66.4 Å². The molecular formula is C11H15BrFNO3S. The molecule has 1 aromatic carbocycles. The standard InChI is InChI=1S/C11H15BrFNO3S/c12-10-5-4-9(8-11(10)13)18(16,17)14-6-2-1-3-7-15/h4-5,8,14-15H,1-3,6-7H2. The Kier molecular flexibility index (Phi) is 6.20. The summed E-state index contributed by atoms with van der Waals surface area (Å²) < 4.78 is 39.4. The predicted octanol–water partition coefficient (Wildman–Crippen LogP) is 2.03. The van der Waals surface area contributed by atoms with E-state index in [0.29, 0.717) is 12.8 Å². The number of rotatable bonds is 7. The molecule has 1 rings (SSSR count). The molecule has 0 aliphatic carbocycles. The van der Waals surface area contributed by atoms with Gasteiger partial charge in [0.1, 0.15) is 5.82 Å². The number of aliphatic hydroxyl groups excluding tert-OH is 1. The van der Waals surface area contributed by atoms with Gasteiger partial charge < -0.3 is 5.11 Å². The van der Waals surface area contributed by atoms with Crippen molar-refractivity contribution < 1.29 is 17.9 Å². The van der Waals surface area contributed by atoms with E-state index in [0.717, 1.165) is 12.5 Å². The summed E-state index contributed by atoms with van der Waals surface area (Å²) >= 11 is 2.96. The average molecular weight is 340 g/mol. The van der Waals surface area contributed by atoms with Gasteiger partial charge in [-0.3, -0.25) is 0 Å². The monoisotopic (exact) mass is 339 g/mol. The van der Waals surface area contributed by atoms with Crippen LogP contribution in [0.25, 0.3) is 0 Å². The maximum atomic E-state index is 13.2. The van der Waals surface area contributed by atoms with Gasteiger partial charge in [0.15, 0.2) is 0 Å². The molecule has 4 nitrogen and oxygen atoms in total. The zero-order valence-electron chi connectivity index (χ0n) is 9.70. The minimum absolute atomic E-state index is 0.0923. The first kappa shape index (κ1) is 15.6. The van der Waals surface area contributed by atoms with Crippen molar-refractivity contribution >= 4 is 26.0 Å². The lowest BCUT2D eigenvalue weighted by molar-refractivity contribution is 0.283. The fourth-order valence-corrected chi connectivity index (χ4v) is 2.68. The van der Waals surface area contributed by atoms with Crippen LogP contribution in [-0.2, 0) is 10.0 Å². The van der Waals surface area contributed by atoms with Crippen molar-refractivity contribution in [1.82, 2.24) is 4.72 Å². The molecule has 0 heterocycles. The molecule has 18 heavy (non-hydrogen) atoms. The molecular weight excluding hydrogens is 325 g/mol. The van der Waals surface area contributed by atoms with E-state index >= 15 is 0 Å². The van der Waals surface area contributed by atoms with E-state index < -0.39 is 15.8 Å². The van der Waals surface area contributed by atoms with Crippen molar-refractivity contribution in [3.8, 4) is 0 Å². The third-order valence-corrected chi connectivity index (χ3v) is 4.43. The lowest BCUT2D eigenvalue weighted by atomic mass is 10.2. The Morgan fingerprint density at radius 1 is 1.28 bits per heavy atom. The molecule has 0 aliphatic heterocycles. The molecule has 7 heteroatoms. The first-order valence-corrected chi connectivity index (χ1v) is 7.80. The highest BCUT2D eigenvalue weighted by atomic mass is 79.9. The van der Waals surface area contributed by atoms with Crippen LogP contribution in [0.2, 0.25) is 0 Å². The fourth-order valence-electron chi connectivity index (χ4n) is 1.35. The Morgan fingerprint density at radius 2 is 2.00 bits per heavy atom. The maximum Gasteiger partial charge on any atom is 0.240 e. The summed E-state index contributed by atoms with van der Waals surface area (Å²) in [6, 6.07) is 3.67. The number of benzene rings is 1.